The van der Waals surface area contributed by atoms with Crippen molar-refractivity contribution in [2.75, 3.05) is 13.1 Å². The summed E-state index contributed by atoms with van der Waals surface area (Å²) in [6.07, 6.45) is 4.66. The summed E-state index contributed by atoms with van der Waals surface area (Å²) in [4.78, 5) is 15.6. The van der Waals surface area contributed by atoms with Crippen LogP contribution < -0.4 is 10.6 Å². The average molecular weight is 238 g/mol. The second-order valence-electron chi connectivity index (χ2n) is 4.59. The minimum absolute atomic E-state index is 0.0415. The first-order valence-corrected chi connectivity index (χ1v) is 6.03. The van der Waals surface area contributed by atoms with E-state index in [1.165, 1.54) is 0 Å². The summed E-state index contributed by atoms with van der Waals surface area (Å²) in [5, 5.41) is 5.95. The summed E-state index contributed by atoms with van der Waals surface area (Å²) in [7, 11) is 1.94. The topological polar surface area (TPSA) is 59.0 Å². The Hall–Kier alpha value is -1.36. The van der Waals surface area contributed by atoms with Crippen LogP contribution >= 0.6 is 0 Å². The smallest absolute Gasteiger partial charge is 0.233 e. The van der Waals surface area contributed by atoms with Crippen LogP contribution in [-0.4, -0.2) is 28.5 Å². The van der Waals surface area contributed by atoms with E-state index in [-0.39, 0.29) is 5.91 Å². The SMILES string of the molecule is CC(C)CCNC(=O)CNCc1nccn1C. The maximum Gasteiger partial charge on any atom is 0.233 e. The molecule has 0 spiro atoms. The molecular formula is C12H22N4O. The molecule has 1 aromatic rings. The highest BCUT2D eigenvalue weighted by Gasteiger charge is 2.02. The van der Waals surface area contributed by atoms with Crippen molar-refractivity contribution in [2.45, 2.75) is 26.8 Å². The average Bonchev–Trinajstić information content (AvgIpc) is 2.64. The molecule has 1 amide bonds. The second kappa shape index (κ2) is 7.06. The van der Waals surface area contributed by atoms with E-state index in [2.05, 4.69) is 29.5 Å². The third-order valence-corrected chi connectivity index (χ3v) is 2.53. The molecule has 0 saturated carbocycles. The van der Waals surface area contributed by atoms with Gasteiger partial charge in [0.1, 0.15) is 5.82 Å². The number of imidazole rings is 1. The van der Waals surface area contributed by atoms with Crippen molar-refractivity contribution < 1.29 is 4.79 Å². The maximum atomic E-state index is 11.4. The van der Waals surface area contributed by atoms with Gasteiger partial charge >= 0.3 is 0 Å². The maximum absolute atomic E-state index is 11.4. The van der Waals surface area contributed by atoms with Gasteiger partial charge < -0.3 is 15.2 Å². The van der Waals surface area contributed by atoms with Gasteiger partial charge in [0.05, 0.1) is 13.1 Å². The van der Waals surface area contributed by atoms with Crippen molar-refractivity contribution in [2.24, 2.45) is 13.0 Å². The monoisotopic (exact) mass is 238 g/mol. The first-order valence-electron chi connectivity index (χ1n) is 6.03. The lowest BCUT2D eigenvalue weighted by Crippen LogP contribution is -2.34. The Morgan fingerprint density at radius 2 is 2.29 bits per heavy atom. The number of aromatic nitrogens is 2. The normalized spacial score (nSPS) is 10.8. The van der Waals surface area contributed by atoms with Gasteiger partial charge in [-0.25, -0.2) is 4.98 Å². The molecule has 5 heteroatoms. The Bertz CT molecular complexity index is 346. The lowest BCUT2D eigenvalue weighted by atomic mass is 10.1. The van der Waals surface area contributed by atoms with E-state index in [9.17, 15) is 4.79 Å². The van der Waals surface area contributed by atoms with Gasteiger partial charge in [0.15, 0.2) is 0 Å². The highest BCUT2D eigenvalue weighted by molar-refractivity contribution is 5.77. The molecule has 0 fully saturated rings. The molecule has 0 bridgehead atoms. The molecule has 0 aliphatic rings. The van der Waals surface area contributed by atoms with Crippen LogP contribution in [0.1, 0.15) is 26.1 Å². The van der Waals surface area contributed by atoms with Crippen LogP contribution in [0.25, 0.3) is 0 Å². The van der Waals surface area contributed by atoms with Crippen molar-refractivity contribution in [3.8, 4) is 0 Å². The number of carbonyl (C=O) groups is 1. The molecule has 1 rings (SSSR count). The van der Waals surface area contributed by atoms with Crippen LogP contribution in [0.15, 0.2) is 12.4 Å². The van der Waals surface area contributed by atoms with Crippen molar-refractivity contribution >= 4 is 5.91 Å². The van der Waals surface area contributed by atoms with Crippen LogP contribution in [0.5, 0.6) is 0 Å². The molecular weight excluding hydrogens is 216 g/mol. The Labute approximate surface area is 103 Å². The van der Waals surface area contributed by atoms with E-state index in [1.54, 1.807) is 6.20 Å². The van der Waals surface area contributed by atoms with Crippen molar-refractivity contribution in [3.63, 3.8) is 0 Å². The molecule has 1 aromatic heterocycles. The molecule has 0 aliphatic heterocycles. The van der Waals surface area contributed by atoms with E-state index in [4.69, 9.17) is 0 Å². The minimum Gasteiger partial charge on any atom is -0.355 e. The Kier molecular flexibility index (Phi) is 5.69. The Morgan fingerprint density at radius 1 is 1.53 bits per heavy atom. The Morgan fingerprint density at radius 3 is 2.88 bits per heavy atom. The van der Waals surface area contributed by atoms with Gasteiger partial charge in [0.2, 0.25) is 5.91 Å². The van der Waals surface area contributed by atoms with Crippen LogP contribution in [0, 0.1) is 5.92 Å². The largest absolute Gasteiger partial charge is 0.355 e. The quantitative estimate of drug-likeness (QED) is 0.734. The van der Waals surface area contributed by atoms with Gasteiger partial charge in [-0.15, -0.1) is 0 Å². The van der Waals surface area contributed by atoms with Gasteiger partial charge in [-0.1, -0.05) is 13.8 Å². The van der Waals surface area contributed by atoms with E-state index in [1.807, 2.05) is 17.8 Å². The predicted octanol–water partition coefficient (Wildman–Crippen LogP) is 0.672. The van der Waals surface area contributed by atoms with E-state index < -0.39 is 0 Å². The van der Waals surface area contributed by atoms with Gasteiger partial charge in [-0.3, -0.25) is 4.79 Å². The van der Waals surface area contributed by atoms with E-state index in [0.717, 1.165) is 18.8 Å². The zero-order valence-corrected chi connectivity index (χ0v) is 10.9. The van der Waals surface area contributed by atoms with Crippen LogP contribution in [0.2, 0.25) is 0 Å². The molecule has 0 atom stereocenters. The zero-order chi connectivity index (χ0) is 12.7. The molecule has 2 N–H and O–H groups in total. The Balaban J connectivity index is 2.10. The molecule has 0 aliphatic carbocycles. The first kappa shape index (κ1) is 13.7. The minimum atomic E-state index is 0.0415. The number of aryl methyl sites for hydroxylation is 1. The summed E-state index contributed by atoms with van der Waals surface area (Å²) >= 11 is 0. The summed E-state index contributed by atoms with van der Waals surface area (Å²) in [6, 6.07) is 0. The van der Waals surface area contributed by atoms with Crippen molar-refractivity contribution in [1.29, 1.82) is 0 Å². The highest BCUT2D eigenvalue weighted by Crippen LogP contribution is 1.96. The summed E-state index contributed by atoms with van der Waals surface area (Å²) in [5.74, 6) is 1.59. The van der Waals surface area contributed by atoms with E-state index >= 15 is 0 Å². The van der Waals surface area contributed by atoms with Gasteiger partial charge in [0, 0.05) is 26.0 Å². The third-order valence-electron chi connectivity index (χ3n) is 2.53. The number of carbonyl (C=O) groups excluding carboxylic acids is 1. The molecule has 5 nitrogen and oxygen atoms in total. The molecule has 0 saturated heterocycles. The summed E-state index contributed by atoms with van der Waals surface area (Å²) in [5.41, 5.74) is 0. The van der Waals surface area contributed by atoms with Crippen molar-refractivity contribution in [3.05, 3.63) is 18.2 Å². The number of nitrogens with zero attached hydrogens (tertiary/aromatic N) is 2. The first-order chi connectivity index (χ1) is 8.09. The van der Waals surface area contributed by atoms with Gasteiger partial charge in [-0.05, 0) is 12.3 Å². The van der Waals surface area contributed by atoms with Crippen LogP contribution in [0.3, 0.4) is 0 Å². The molecule has 0 aromatic carbocycles. The second-order valence-corrected chi connectivity index (χ2v) is 4.59. The zero-order valence-electron chi connectivity index (χ0n) is 10.9. The molecule has 0 radical (unpaired) electrons. The number of nitrogens with one attached hydrogen (secondary N) is 2. The number of hydrogen-bond acceptors (Lipinski definition) is 3. The molecule has 17 heavy (non-hydrogen) atoms. The molecule has 0 unspecified atom stereocenters. The number of amides is 1. The fourth-order valence-electron chi connectivity index (χ4n) is 1.42. The number of hydrogen-bond donors (Lipinski definition) is 2. The summed E-state index contributed by atoms with van der Waals surface area (Å²) in [6.45, 7) is 5.99. The van der Waals surface area contributed by atoms with Crippen LogP contribution in [-0.2, 0) is 18.4 Å². The lowest BCUT2D eigenvalue weighted by Gasteiger charge is -2.08. The van der Waals surface area contributed by atoms with Gasteiger partial charge in [0.25, 0.3) is 0 Å². The fraction of sp³-hybridized carbons (Fsp3) is 0.667. The van der Waals surface area contributed by atoms with Crippen molar-refractivity contribution in [1.82, 2.24) is 20.2 Å². The summed E-state index contributed by atoms with van der Waals surface area (Å²) < 4.78 is 1.93. The standard InChI is InChI=1S/C12H22N4O/c1-10(2)4-5-15-12(17)9-13-8-11-14-6-7-16(11)3/h6-7,10,13H,4-5,8-9H2,1-3H3,(H,15,17). The fourth-order valence-corrected chi connectivity index (χ4v) is 1.42. The third kappa shape index (κ3) is 5.49. The van der Waals surface area contributed by atoms with Crippen LogP contribution in [0.4, 0.5) is 0 Å². The predicted molar refractivity (Wildman–Crippen MR) is 67.4 cm³/mol. The molecule has 1 heterocycles. The lowest BCUT2D eigenvalue weighted by molar-refractivity contribution is -0.120. The number of rotatable bonds is 7. The van der Waals surface area contributed by atoms with E-state index in [0.29, 0.717) is 19.0 Å². The van der Waals surface area contributed by atoms with Gasteiger partial charge in [-0.2, -0.15) is 0 Å². The molecule has 96 valence electrons. The highest BCUT2D eigenvalue weighted by atomic mass is 16.1.